The average Bonchev–Trinajstić information content (AvgIpc) is 2.75. The van der Waals surface area contributed by atoms with E-state index in [1.165, 1.54) is 0 Å². The lowest BCUT2D eigenvalue weighted by atomic mass is 9.96. The summed E-state index contributed by atoms with van der Waals surface area (Å²) in [7, 11) is 0. The Bertz CT molecular complexity index is 662. The zero-order valence-corrected chi connectivity index (χ0v) is 17.8. The lowest BCUT2D eigenvalue weighted by molar-refractivity contribution is -0.135. The van der Waals surface area contributed by atoms with E-state index in [4.69, 9.17) is 10.5 Å². The van der Waals surface area contributed by atoms with Crippen molar-refractivity contribution in [3.63, 3.8) is 0 Å². The maximum Gasteiger partial charge on any atom is 0.227 e. The highest BCUT2D eigenvalue weighted by molar-refractivity contribution is 5.79. The SMILES string of the molecule is CCN(CC)C(=O)C1CCCN(c2cc(NCCN3CCOCC3)nc(N)n2)C1. The third kappa shape index (κ3) is 5.93. The highest BCUT2D eigenvalue weighted by Gasteiger charge is 2.29. The van der Waals surface area contributed by atoms with Gasteiger partial charge in [0.2, 0.25) is 11.9 Å². The number of carbonyl (C=O) groups is 1. The van der Waals surface area contributed by atoms with Crippen molar-refractivity contribution in [1.29, 1.82) is 0 Å². The molecule has 0 aromatic carbocycles. The minimum Gasteiger partial charge on any atom is -0.379 e. The fourth-order valence-electron chi connectivity index (χ4n) is 4.05. The van der Waals surface area contributed by atoms with Crippen molar-refractivity contribution in [2.45, 2.75) is 26.7 Å². The molecule has 9 nitrogen and oxygen atoms in total. The largest absolute Gasteiger partial charge is 0.379 e. The first kappa shape index (κ1) is 21.6. The van der Waals surface area contributed by atoms with Gasteiger partial charge in [-0.25, -0.2) is 0 Å². The van der Waals surface area contributed by atoms with Crippen LogP contribution in [0.5, 0.6) is 0 Å². The van der Waals surface area contributed by atoms with Crippen LogP contribution in [-0.2, 0) is 9.53 Å². The predicted molar refractivity (Wildman–Crippen MR) is 115 cm³/mol. The molecular weight excluding hydrogens is 370 g/mol. The van der Waals surface area contributed by atoms with Crippen molar-refractivity contribution in [1.82, 2.24) is 19.8 Å². The normalized spacial score (nSPS) is 20.5. The van der Waals surface area contributed by atoms with E-state index in [-0.39, 0.29) is 17.8 Å². The lowest BCUT2D eigenvalue weighted by Crippen LogP contribution is -2.45. The highest BCUT2D eigenvalue weighted by atomic mass is 16.5. The van der Waals surface area contributed by atoms with Gasteiger partial charge in [0.1, 0.15) is 11.6 Å². The minimum absolute atomic E-state index is 0.0116. The van der Waals surface area contributed by atoms with E-state index < -0.39 is 0 Å². The molecule has 0 radical (unpaired) electrons. The second kappa shape index (κ2) is 10.6. The molecule has 0 spiro atoms. The number of hydrogen-bond acceptors (Lipinski definition) is 8. The van der Waals surface area contributed by atoms with Gasteiger partial charge in [-0.1, -0.05) is 0 Å². The molecule has 1 unspecified atom stereocenters. The number of nitrogen functional groups attached to an aromatic ring is 1. The highest BCUT2D eigenvalue weighted by Crippen LogP contribution is 2.25. The van der Waals surface area contributed by atoms with Gasteiger partial charge >= 0.3 is 0 Å². The van der Waals surface area contributed by atoms with Crippen LogP contribution in [-0.4, -0.2) is 91.2 Å². The summed E-state index contributed by atoms with van der Waals surface area (Å²) in [6, 6.07) is 1.94. The molecule has 2 fully saturated rings. The van der Waals surface area contributed by atoms with Crippen molar-refractivity contribution in [2.75, 3.05) is 81.5 Å². The molecule has 9 heteroatoms. The van der Waals surface area contributed by atoms with Gasteiger partial charge in [0.05, 0.1) is 19.1 Å². The molecule has 2 saturated heterocycles. The van der Waals surface area contributed by atoms with Crippen LogP contribution in [0.3, 0.4) is 0 Å². The number of ether oxygens (including phenoxy) is 1. The predicted octanol–water partition coefficient (Wildman–Crippen LogP) is 0.888. The monoisotopic (exact) mass is 405 g/mol. The van der Waals surface area contributed by atoms with Crippen LogP contribution in [0.15, 0.2) is 6.07 Å². The Morgan fingerprint density at radius 3 is 2.76 bits per heavy atom. The van der Waals surface area contributed by atoms with Gasteiger partial charge in [-0.2, -0.15) is 9.97 Å². The number of rotatable bonds is 8. The molecule has 3 N–H and O–H groups in total. The summed E-state index contributed by atoms with van der Waals surface area (Å²) in [5.74, 6) is 2.04. The van der Waals surface area contributed by atoms with Crippen molar-refractivity contribution in [3.05, 3.63) is 6.07 Å². The molecule has 29 heavy (non-hydrogen) atoms. The minimum atomic E-state index is 0.0116. The van der Waals surface area contributed by atoms with E-state index in [0.29, 0.717) is 6.54 Å². The molecule has 2 aliphatic heterocycles. The Morgan fingerprint density at radius 2 is 2.03 bits per heavy atom. The van der Waals surface area contributed by atoms with Gasteiger partial charge in [-0.3, -0.25) is 9.69 Å². The van der Waals surface area contributed by atoms with Crippen molar-refractivity contribution >= 4 is 23.5 Å². The van der Waals surface area contributed by atoms with Gasteiger partial charge in [0, 0.05) is 58.4 Å². The summed E-state index contributed by atoms with van der Waals surface area (Å²) >= 11 is 0. The number of hydrogen-bond donors (Lipinski definition) is 2. The fraction of sp³-hybridized carbons (Fsp3) is 0.750. The zero-order valence-electron chi connectivity index (χ0n) is 17.8. The summed E-state index contributed by atoms with van der Waals surface area (Å²) in [6.07, 6.45) is 1.90. The number of carbonyl (C=O) groups excluding carboxylic acids is 1. The van der Waals surface area contributed by atoms with E-state index in [9.17, 15) is 4.79 Å². The molecule has 162 valence electrons. The van der Waals surface area contributed by atoms with Crippen LogP contribution >= 0.6 is 0 Å². The number of morpholine rings is 1. The first-order valence-electron chi connectivity index (χ1n) is 10.8. The van der Waals surface area contributed by atoms with Gasteiger partial charge in [-0.05, 0) is 26.7 Å². The molecule has 0 bridgehead atoms. The Labute approximate surface area is 173 Å². The topological polar surface area (TPSA) is 99.9 Å². The van der Waals surface area contributed by atoms with Gasteiger partial charge in [0.15, 0.2) is 0 Å². The number of aromatic nitrogens is 2. The Kier molecular flexibility index (Phi) is 7.88. The van der Waals surface area contributed by atoms with Crippen LogP contribution in [0, 0.1) is 5.92 Å². The molecule has 1 amide bonds. The zero-order chi connectivity index (χ0) is 20.6. The van der Waals surface area contributed by atoms with Crippen molar-refractivity contribution < 1.29 is 9.53 Å². The molecule has 0 saturated carbocycles. The maximum atomic E-state index is 12.8. The second-order valence-corrected chi connectivity index (χ2v) is 7.65. The quantitative estimate of drug-likeness (QED) is 0.658. The average molecular weight is 406 g/mol. The number of piperidine rings is 1. The second-order valence-electron chi connectivity index (χ2n) is 7.65. The van der Waals surface area contributed by atoms with Gasteiger partial charge in [-0.15, -0.1) is 0 Å². The summed E-state index contributed by atoms with van der Waals surface area (Å²) in [5.41, 5.74) is 5.98. The van der Waals surface area contributed by atoms with E-state index in [2.05, 4.69) is 25.1 Å². The number of nitrogens with one attached hydrogen (secondary N) is 1. The van der Waals surface area contributed by atoms with Crippen LogP contribution in [0.2, 0.25) is 0 Å². The smallest absolute Gasteiger partial charge is 0.227 e. The number of amides is 1. The lowest BCUT2D eigenvalue weighted by Gasteiger charge is -2.35. The van der Waals surface area contributed by atoms with E-state index in [0.717, 1.165) is 83.5 Å². The van der Waals surface area contributed by atoms with E-state index >= 15 is 0 Å². The van der Waals surface area contributed by atoms with Crippen LogP contribution < -0.4 is 16.0 Å². The third-order valence-corrected chi connectivity index (χ3v) is 5.74. The molecule has 1 atom stereocenters. The summed E-state index contributed by atoms with van der Waals surface area (Å²) < 4.78 is 5.39. The molecule has 1 aromatic heterocycles. The van der Waals surface area contributed by atoms with Crippen molar-refractivity contribution in [2.24, 2.45) is 5.92 Å². The van der Waals surface area contributed by atoms with Crippen LogP contribution in [0.1, 0.15) is 26.7 Å². The Morgan fingerprint density at radius 1 is 1.28 bits per heavy atom. The molecule has 3 heterocycles. The number of anilines is 3. The Balaban J connectivity index is 1.59. The van der Waals surface area contributed by atoms with Gasteiger partial charge < -0.3 is 25.6 Å². The standard InChI is InChI=1S/C20H35N7O2/c1-3-26(4-2)19(28)16-6-5-8-27(15-16)18-14-17(23-20(21)24-18)22-7-9-25-10-12-29-13-11-25/h14,16H,3-13,15H2,1-2H3,(H3,21,22,23,24). The molecular formula is C20H35N7O2. The first-order chi connectivity index (χ1) is 14.1. The van der Waals surface area contributed by atoms with E-state index in [1.807, 2.05) is 24.8 Å². The number of nitrogens with zero attached hydrogens (tertiary/aromatic N) is 5. The van der Waals surface area contributed by atoms with Gasteiger partial charge in [0.25, 0.3) is 0 Å². The summed E-state index contributed by atoms with van der Waals surface area (Å²) in [4.78, 5) is 28.0. The van der Waals surface area contributed by atoms with E-state index in [1.54, 1.807) is 0 Å². The third-order valence-electron chi connectivity index (χ3n) is 5.74. The molecule has 2 aliphatic rings. The Hall–Kier alpha value is -2.13. The molecule has 1 aromatic rings. The maximum absolute atomic E-state index is 12.8. The van der Waals surface area contributed by atoms with Crippen LogP contribution in [0.4, 0.5) is 17.6 Å². The van der Waals surface area contributed by atoms with Crippen LogP contribution in [0.25, 0.3) is 0 Å². The number of nitrogens with two attached hydrogens (primary N) is 1. The summed E-state index contributed by atoms with van der Waals surface area (Å²) in [5, 5.41) is 3.37. The van der Waals surface area contributed by atoms with Crippen molar-refractivity contribution in [3.8, 4) is 0 Å². The summed E-state index contributed by atoms with van der Waals surface area (Å²) in [6.45, 7) is 12.4. The molecule has 3 rings (SSSR count). The fourth-order valence-corrected chi connectivity index (χ4v) is 4.05. The first-order valence-corrected chi connectivity index (χ1v) is 10.8. The molecule has 0 aliphatic carbocycles.